The van der Waals surface area contributed by atoms with Crippen molar-refractivity contribution in [2.75, 3.05) is 19.7 Å². The van der Waals surface area contributed by atoms with E-state index < -0.39 is 17.8 Å². The highest BCUT2D eigenvalue weighted by molar-refractivity contribution is 6.30. The molecule has 0 radical (unpaired) electrons. The molecule has 6 nitrogen and oxygen atoms in total. The van der Waals surface area contributed by atoms with Gasteiger partial charge in [0.25, 0.3) is 0 Å². The van der Waals surface area contributed by atoms with Crippen molar-refractivity contribution >= 4 is 17.6 Å². The van der Waals surface area contributed by atoms with Gasteiger partial charge in [-0.15, -0.1) is 0 Å². The number of nitrogens with zero attached hydrogens (tertiary/aromatic N) is 3. The second-order valence-corrected chi connectivity index (χ2v) is 4.53. The zero-order chi connectivity index (χ0) is 15.7. The molecule has 0 aromatic heterocycles. The van der Waals surface area contributed by atoms with E-state index in [0.29, 0.717) is 25.1 Å². The summed E-state index contributed by atoms with van der Waals surface area (Å²) in [5.41, 5.74) is 8.61. The fraction of sp³-hybridized carbons (Fsp3) is 0.462. The van der Waals surface area contributed by atoms with Crippen LogP contribution in [0, 0.1) is 5.82 Å². The van der Waals surface area contributed by atoms with Crippen LogP contribution in [0.1, 0.15) is 24.9 Å². The molecule has 0 aliphatic heterocycles. The van der Waals surface area contributed by atoms with Gasteiger partial charge in [0.2, 0.25) is 0 Å². The van der Waals surface area contributed by atoms with Crippen molar-refractivity contribution in [3.63, 3.8) is 0 Å². The number of hydrogen-bond acceptors (Lipinski definition) is 4. The predicted molar refractivity (Wildman–Crippen MR) is 77.4 cm³/mol. The maximum Gasteiger partial charge on any atom is 0.327 e. The average Bonchev–Trinajstić information content (AvgIpc) is 2.46. The third-order valence-electron chi connectivity index (χ3n) is 2.65. The highest BCUT2D eigenvalue weighted by Gasteiger charge is 2.22. The van der Waals surface area contributed by atoms with E-state index in [4.69, 9.17) is 21.9 Å². The van der Waals surface area contributed by atoms with Gasteiger partial charge in [-0.2, -0.15) is 0 Å². The molecular formula is C13H16ClFN4O2. The van der Waals surface area contributed by atoms with Crippen molar-refractivity contribution in [1.82, 2.24) is 5.32 Å². The molecule has 0 bridgehead atoms. The lowest BCUT2D eigenvalue weighted by molar-refractivity contribution is -0.145. The summed E-state index contributed by atoms with van der Waals surface area (Å²) in [6, 6.07) is 3.36. The Hall–Kier alpha value is -1.82. The number of hydrogen-bond donors (Lipinski definition) is 1. The molecule has 0 aliphatic carbocycles. The summed E-state index contributed by atoms with van der Waals surface area (Å²) in [6.45, 7) is 2.66. The van der Waals surface area contributed by atoms with Gasteiger partial charge >= 0.3 is 5.97 Å². The lowest BCUT2D eigenvalue weighted by Crippen LogP contribution is -2.31. The fourth-order valence-corrected chi connectivity index (χ4v) is 1.81. The van der Waals surface area contributed by atoms with Crippen LogP contribution in [0.25, 0.3) is 10.4 Å². The molecule has 1 unspecified atom stereocenters. The van der Waals surface area contributed by atoms with Gasteiger partial charge in [-0.1, -0.05) is 22.8 Å². The first-order valence-electron chi connectivity index (χ1n) is 6.46. The first kappa shape index (κ1) is 17.2. The molecule has 0 fully saturated rings. The third kappa shape index (κ3) is 5.59. The summed E-state index contributed by atoms with van der Waals surface area (Å²) in [6.07, 6.45) is 0.552. The van der Waals surface area contributed by atoms with E-state index in [9.17, 15) is 9.18 Å². The van der Waals surface area contributed by atoms with Crippen LogP contribution in [0.4, 0.5) is 4.39 Å². The van der Waals surface area contributed by atoms with Crippen LogP contribution in [0.2, 0.25) is 5.02 Å². The molecular weight excluding hydrogens is 299 g/mol. The molecule has 1 aromatic rings. The lowest BCUT2D eigenvalue weighted by atomic mass is 10.1. The van der Waals surface area contributed by atoms with E-state index in [2.05, 4.69) is 15.3 Å². The molecule has 1 atom stereocenters. The summed E-state index contributed by atoms with van der Waals surface area (Å²) in [7, 11) is 0. The Kier molecular flexibility index (Phi) is 7.53. The minimum Gasteiger partial charge on any atom is -0.465 e. The largest absolute Gasteiger partial charge is 0.465 e. The Morgan fingerprint density at radius 3 is 3.00 bits per heavy atom. The van der Waals surface area contributed by atoms with Gasteiger partial charge in [0.05, 0.1) is 11.6 Å². The molecule has 1 N–H and O–H groups in total. The number of esters is 1. The predicted octanol–water partition coefficient (Wildman–Crippen LogP) is 3.37. The van der Waals surface area contributed by atoms with Gasteiger partial charge in [-0.25, -0.2) is 9.18 Å². The van der Waals surface area contributed by atoms with Gasteiger partial charge in [0.15, 0.2) is 0 Å². The van der Waals surface area contributed by atoms with Crippen molar-refractivity contribution in [3.05, 3.63) is 45.0 Å². The number of ether oxygens (including phenoxy) is 1. The van der Waals surface area contributed by atoms with Crippen LogP contribution in [-0.2, 0) is 9.53 Å². The van der Waals surface area contributed by atoms with Crippen molar-refractivity contribution in [2.45, 2.75) is 19.4 Å². The summed E-state index contributed by atoms with van der Waals surface area (Å²) in [5, 5.41) is 6.34. The molecule has 21 heavy (non-hydrogen) atoms. The first-order chi connectivity index (χ1) is 10.1. The average molecular weight is 315 g/mol. The molecule has 0 heterocycles. The van der Waals surface area contributed by atoms with Crippen LogP contribution >= 0.6 is 11.6 Å². The smallest absolute Gasteiger partial charge is 0.327 e. The molecule has 114 valence electrons. The molecule has 0 aliphatic rings. The Bertz CT molecular complexity index is 535. The zero-order valence-electron chi connectivity index (χ0n) is 11.6. The van der Waals surface area contributed by atoms with E-state index in [0.717, 1.165) is 0 Å². The van der Waals surface area contributed by atoms with E-state index in [-0.39, 0.29) is 11.6 Å². The highest BCUT2D eigenvalue weighted by atomic mass is 35.5. The van der Waals surface area contributed by atoms with Crippen LogP contribution < -0.4 is 5.32 Å². The number of rotatable bonds is 8. The van der Waals surface area contributed by atoms with Crippen molar-refractivity contribution < 1.29 is 13.9 Å². The second kappa shape index (κ2) is 9.18. The second-order valence-electron chi connectivity index (χ2n) is 4.12. The fourth-order valence-electron chi connectivity index (χ4n) is 1.70. The van der Waals surface area contributed by atoms with E-state index in [1.807, 2.05) is 0 Å². The van der Waals surface area contributed by atoms with E-state index in [1.165, 1.54) is 12.1 Å². The highest BCUT2D eigenvalue weighted by Crippen LogP contribution is 2.21. The molecule has 0 saturated heterocycles. The number of carbonyl (C=O) groups is 1. The molecule has 0 saturated carbocycles. The maximum absolute atomic E-state index is 13.5. The van der Waals surface area contributed by atoms with Crippen LogP contribution in [0.3, 0.4) is 0 Å². The molecule has 1 rings (SSSR count). The van der Waals surface area contributed by atoms with Crippen LogP contribution in [0.15, 0.2) is 23.3 Å². The van der Waals surface area contributed by atoms with Crippen molar-refractivity contribution in [1.29, 1.82) is 0 Å². The Balaban J connectivity index is 2.78. The SMILES string of the molecule is CCOC(=O)C(NCCCN=[N+]=[N-])c1ccc(Cl)c(F)c1. The Morgan fingerprint density at radius 1 is 1.62 bits per heavy atom. The molecule has 0 amide bonds. The van der Waals surface area contributed by atoms with Gasteiger partial charge < -0.3 is 10.1 Å². The summed E-state index contributed by atoms with van der Waals surface area (Å²) >= 11 is 5.63. The van der Waals surface area contributed by atoms with Gasteiger partial charge in [-0.3, -0.25) is 0 Å². The topological polar surface area (TPSA) is 87.1 Å². The summed E-state index contributed by atoms with van der Waals surface area (Å²) < 4.78 is 18.5. The summed E-state index contributed by atoms with van der Waals surface area (Å²) in [4.78, 5) is 14.6. The molecule has 8 heteroatoms. The third-order valence-corrected chi connectivity index (χ3v) is 2.95. The zero-order valence-corrected chi connectivity index (χ0v) is 12.3. The molecule has 0 spiro atoms. The Morgan fingerprint density at radius 2 is 2.38 bits per heavy atom. The summed E-state index contributed by atoms with van der Waals surface area (Å²) in [5.74, 6) is -1.10. The standard InChI is InChI=1S/C13H16ClFN4O2/c1-2-21-13(20)12(17-6-3-7-18-19-16)9-4-5-10(14)11(15)8-9/h4-5,8,12,17H,2-3,6-7H2,1H3. The number of halogens is 2. The monoisotopic (exact) mass is 314 g/mol. The minimum absolute atomic E-state index is 0.00952. The van der Waals surface area contributed by atoms with Gasteiger partial charge in [0, 0.05) is 11.5 Å². The number of nitrogens with one attached hydrogen (secondary N) is 1. The molecule has 1 aromatic carbocycles. The van der Waals surface area contributed by atoms with Gasteiger partial charge in [0.1, 0.15) is 11.9 Å². The van der Waals surface area contributed by atoms with Crippen LogP contribution in [-0.4, -0.2) is 25.7 Å². The van der Waals surface area contributed by atoms with Crippen molar-refractivity contribution in [3.8, 4) is 0 Å². The number of benzene rings is 1. The number of azide groups is 1. The maximum atomic E-state index is 13.5. The van der Waals surface area contributed by atoms with Crippen molar-refractivity contribution in [2.24, 2.45) is 5.11 Å². The Labute approximate surface area is 126 Å². The first-order valence-corrected chi connectivity index (χ1v) is 6.83. The van der Waals surface area contributed by atoms with E-state index in [1.54, 1.807) is 13.0 Å². The number of carbonyl (C=O) groups excluding carboxylic acids is 1. The minimum atomic E-state index is -0.789. The quantitative estimate of drug-likeness (QED) is 0.262. The van der Waals surface area contributed by atoms with Crippen LogP contribution in [0.5, 0.6) is 0 Å². The lowest BCUT2D eigenvalue weighted by Gasteiger charge is -2.17. The van der Waals surface area contributed by atoms with Gasteiger partial charge in [-0.05, 0) is 43.1 Å². The van der Waals surface area contributed by atoms with E-state index >= 15 is 0 Å². The normalized spacial score (nSPS) is 11.6.